The van der Waals surface area contributed by atoms with Gasteiger partial charge in [-0.2, -0.15) is 5.10 Å². The van der Waals surface area contributed by atoms with Crippen LogP contribution in [0.5, 0.6) is 0 Å². The van der Waals surface area contributed by atoms with E-state index in [0.29, 0.717) is 5.57 Å². The topological polar surface area (TPSA) is 174 Å². The molecule has 1 aromatic heterocycles. The van der Waals surface area contributed by atoms with Crippen LogP contribution in [0.4, 0.5) is 5.69 Å². The number of aliphatic carboxylic acids is 1. The third-order valence-corrected chi connectivity index (χ3v) is 6.08. The summed E-state index contributed by atoms with van der Waals surface area (Å²) in [5.41, 5.74) is -0.137. The van der Waals surface area contributed by atoms with Gasteiger partial charge in [0.25, 0.3) is 5.91 Å². The number of carboxylic acid groups (broad SMARTS) is 1. The van der Waals surface area contributed by atoms with Crippen LogP contribution >= 0.6 is 11.8 Å². The number of β-lactam (4-membered cyclic amide) rings is 1. The van der Waals surface area contributed by atoms with Crippen LogP contribution in [0.25, 0.3) is 0 Å². The van der Waals surface area contributed by atoms with Crippen molar-refractivity contribution in [2.75, 3.05) is 12.4 Å². The minimum absolute atomic E-state index is 0.0644. The van der Waals surface area contributed by atoms with E-state index >= 15 is 0 Å². The molecule has 14 heteroatoms. The molecule has 3 atom stereocenters. The lowest BCUT2D eigenvalue weighted by Gasteiger charge is -2.49. The summed E-state index contributed by atoms with van der Waals surface area (Å²) in [5, 5.41) is 26.1. The van der Waals surface area contributed by atoms with Gasteiger partial charge in [-0.05, 0) is 0 Å². The van der Waals surface area contributed by atoms with Gasteiger partial charge >= 0.3 is 17.6 Å². The minimum atomic E-state index is -1.32. The average molecular weight is 453 g/mol. The summed E-state index contributed by atoms with van der Waals surface area (Å²) < 4.78 is 6.13. The van der Waals surface area contributed by atoms with E-state index in [0.717, 1.165) is 11.1 Å². The van der Waals surface area contributed by atoms with Gasteiger partial charge < -0.3 is 15.2 Å². The highest BCUT2D eigenvalue weighted by atomic mass is 32.2. The standard InChI is InChI=1S/C17H19N5O8S/c1-8(4-20-5-11(3-18-20)22(28)29)14(24)19-12-15(25)21-13(17(26)27)10(6-30-9(2)23)7-31-16(12)21/h3,5,8,12,16H,4,6-7H2,1-2H3,(H,19,24)(H,26,27)/t8-,12+,16+/m0/s1. The van der Waals surface area contributed by atoms with Gasteiger partial charge in [0.2, 0.25) is 5.91 Å². The first kappa shape index (κ1) is 22.3. The molecule has 2 N–H and O–H groups in total. The first-order valence-electron chi connectivity index (χ1n) is 9.10. The highest BCUT2D eigenvalue weighted by molar-refractivity contribution is 8.00. The van der Waals surface area contributed by atoms with Gasteiger partial charge in [-0.3, -0.25) is 34.1 Å². The van der Waals surface area contributed by atoms with Crippen molar-refractivity contribution in [1.82, 2.24) is 20.0 Å². The van der Waals surface area contributed by atoms with Crippen LogP contribution < -0.4 is 5.32 Å². The molecule has 0 aliphatic carbocycles. The number of amides is 2. The van der Waals surface area contributed by atoms with E-state index in [-0.39, 0.29) is 30.3 Å². The predicted octanol–water partition coefficient (Wildman–Crippen LogP) is -0.271. The number of aromatic nitrogens is 2. The molecule has 0 aromatic carbocycles. The number of fused-ring (bicyclic) bond motifs is 1. The van der Waals surface area contributed by atoms with Crippen LogP contribution in [0.15, 0.2) is 23.7 Å². The van der Waals surface area contributed by atoms with Gasteiger partial charge in [-0.15, -0.1) is 11.8 Å². The lowest BCUT2D eigenvalue weighted by atomic mass is 10.0. The van der Waals surface area contributed by atoms with Crippen molar-refractivity contribution in [1.29, 1.82) is 0 Å². The largest absolute Gasteiger partial charge is 0.477 e. The van der Waals surface area contributed by atoms with Gasteiger partial charge in [-0.25, -0.2) is 4.79 Å². The Kier molecular flexibility index (Phi) is 6.29. The Morgan fingerprint density at radius 1 is 1.48 bits per heavy atom. The maximum absolute atomic E-state index is 12.6. The third kappa shape index (κ3) is 4.52. The van der Waals surface area contributed by atoms with Crippen molar-refractivity contribution >= 4 is 41.2 Å². The zero-order chi connectivity index (χ0) is 22.9. The molecule has 2 aliphatic rings. The summed E-state index contributed by atoms with van der Waals surface area (Å²) in [6.45, 7) is 2.61. The van der Waals surface area contributed by atoms with E-state index < -0.39 is 46.0 Å². The molecule has 1 saturated heterocycles. The van der Waals surface area contributed by atoms with E-state index in [4.69, 9.17) is 4.74 Å². The first-order valence-corrected chi connectivity index (χ1v) is 10.2. The second-order valence-corrected chi connectivity index (χ2v) is 8.12. The molecule has 1 aromatic rings. The fraction of sp³-hybridized carbons (Fsp3) is 0.471. The zero-order valence-electron chi connectivity index (χ0n) is 16.5. The number of hydrogen-bond acceptors (Lipinski definition) is 9. The summed E-state index contributed by atoms with van der Waals surface area (Å²) in [7, 11) is 0. The van der Waals surface area contributed by atoms with Crippen molar-refractivity contribution in [2.24, 2.45) is 5.92 Å². The molecule has 0 unspecified atom stereocenters. The summed E-state index contributed by atoms with van der Waals surface area (Å²) in [4.78, 5) is 59.0. The maximum atomic E-state index is 12.6. The molecular formula is C17H19N5O8S. The van der Waals surface area contributed by atoms with E-state index in [2.05, 4.69) is 10.4 Å². The van der Waals surface area contributed by atoms with Gasteiger partial charge in [-0.1, -0.05) is 6.92 Å². The van der Waals surface area contributed by atoms with Crippen LogP contribution in [-0.4, -0.2) is 72.2 Å². The molecule has 3 heterocycles. The summed E-state index contributed by atoms with van der Waals surface area (Å²) in [6, 6.07) is -0.906. The molecule has 1 fully saturated rings. The zero-order valence-corrected chi connectivity index (χ0v) is 17.3. The number of hydrogen-bond donors (Lipinski definition) is 2. The van der Waals surface area contributed by atoms with Crippen LogP contribution in [0, 0.1) is 16.0 Å². The Hall–Kier alpha value is -3.42. The number of rotatable bonds is 8. The average Bonchev–Trinajstić information content (AvgIpc) is 3.17. The maximum Gasteiger partial charge on any atom is 0.352 e. The molecule has 0 saturated carbocycles. The molecule has 0 bridgehead atoms. The fourth-order valence-corrected chi connectivity index (χ4v) is 4.52. The molecule has 166 valence electrons. The van der Waals surface area contributed by atoms with E-state index in [1.54, 1.807) is 6.92 Å². The number of carbonyl (C=O) groups excluding carboxylic acids is 3. The SMILES string of the molecule is CC(=O)OCC1=C(C(=O)O)N2C(=O)[C@@H](NC(=O)[C@@H](C)Cn3cc([N+](=O)[O-])cn3)[C@H]2SC1. The summed E-state index contributed by atoms with van der Waals surface area (Å²) >= 11 is 1.26. The van der Waals surface area contributed by atoms with Gasteiger partial charge in [0.1, 0.15) is 36.1 Å². The quantitative estimate of drug-likeness (QED) is 0.231. The molecule has 3 rings (SSSR count). The number of thioether (sulfide) groups is 1. The Bertz CT molecular complexity index is 989. The number of carboxylic acids is 1. The highest BCUT2D eigenvalue weighted by Gasteiger charge is 2.54. The van der Waals surface area contributed by atoms with Gasteiger partial charge in [0, 0.05) is 18.2 Å². The van der Waals surface area contributed by atoms with Crippen molar-refractivity contribution in [3.8, 4) is 0 Å². The van der Waals surface area contributed by atoms with Gasteiger partial charge in [0.15, 0.2) is 0 Å². The van der Waals surface area contributed by atoms with Gasteiger partial charge in [0.05, 0.1) is 17.4 Å². The van der Waals surface area contributed by atoms with Crippen molar-refractivity contribution in [3.63, 3.8) is 0 Å². The summed E-state index contributed by atoms with van der Waals surface area (Å²) in [5.74, 6) is -3.36. The van der Waals surface area contributed by atoms with Crippen LogP contribution in [0.3, 0.4) is 0 Å². The fourth-order valence-electron chi connectivity index (χ4n) is 3.19. The number of nitro groups is 1. The second kappa shape index (κ2) is 8.75. The number of esters is 1. The predicted molar refractivity (Wildman–Crippen MR) is 104 cm³/mol. The van der Waals surface area contributed by atoms with E-state index in [1.165, 1.54) is 29.6 Å². The van der Waals surface area contributed by atoms with Crippen molar-refractivity contribution in [2.45, 2.75) is 31.8 Å². The molecule has 0 spiro atoms. The smallest absolute Gasteiger partial charge is 0.352 e. The lowest BCUT2D eigenvalue weighted by Crippen LogP contribution is -2.71. The normalized spacial score (nSPS) is 21.1. The number of nitrogens with one attached hydrogen (secondary N) is 1. The summed E-state index contributed by atoms with van der Waals surface area (Å²) in [6.07, 6.45) is 2.27. The Morgan fingerprint density at radius 3 is 2.77 bits per heavy atom. The van der Waals surface area contributed by atoms with Crippen LogP contribution in [-0.2, 0) is 30.5 Å². The molecule has 0 radical (unpaired) electrons. The first-order chi connectivity index (χ1) is 14.6. The monoisotopic (exact) mass is 453 g/mol. The molecular weight excluding hydrogens is 434 g/mol. The van der Waals surface area contributed by atoms with Crippen molar-refractivity contribution < 1.29 is 33.9 Å². The Labute approximate surface area is 179 Å². The number of carbonyl (C=O) groups is 4. The third-order valence-electron chi connectivity index (χ3n) is 4.74. The Morgan fingerprint density at radius 2 is 2.19 bits per heavy atom. The van der Waals surface area contributed by atoms with Crippen LogP contribution in [0.1, 0.15) is 13.8 Å². The highest BCUT2D eigenvalue weighted by Crippen LogP contribution is 2.40. The van der Waals surface area contributed by atoms with E-state index in [1.807, 2.05) is 0 Å². The molecule has 2 aliphatic heterocycles. The number of nitrogens with zero attached hydrogens (tertiary/aromatic N) is 4. The molecule has 2 amide bonds. The minimum Gasteiger partial charge on any atom is -0.477 e. The molecule has 31 heavy (non-hydrogen) atoms. The second-order valence-electron chi connectivity index (χ2n) is 7.01. The van der Waals surface area contributed by atoms with Crippen LogP contribution in [0.2, 0.25) is 0 Å². The van der Waals surface area contributed by atoms with E-state index in [9.17, 15) is 34.4 Å². The van der Waals surface area contributed by atoms with Crippen molar-refractivity contribution in [3.05, 3.63) is 33.8 Å². The number of ether oxygens (including phenoxy) is 1. The Balaban J connectivity index is 1.64. The molecule has 13 nitrogen and oxygen atoms in total. The lowest BCUT2D eigenvalue weighted by molar-refractivity contribution is -0.385.